The first kappa shape index (κ1) is 14.2. The van der Waals surface area contributed by atoms with Crippen LogP contribution in [0.5, 0.6) is 0 Å². The Labute approximate surface area is 146 Å². The van der Waals surface area contributed by atoms with Gasteiger partial charge in [-0.3, -0.25) is 0 Å². The highest BCUT2D eigenvalue weighted by Gasteiger charge is 2.43. The molecule has 22 heavy (non-hydrogen) atoms. The first-order chi connectivity index (χ1) is 10.8. The molecular weight excluding hydrogens is 398 g/mol. The molecule has 1 atom stereocenters. The van der Waals surface area contributed by atoms with Gasteiger partial charge in [-0.15, -0.1) is 0 Å². The van der Waals surface area contributed by atoms with Crippen molar-refractivity contribution in [3.8, 4) is 11.1 Å². The highest BCUT2D eigenvalue weighted by atomic mass is 127. The van der Waals surface area contributed by atoms with E-state index < -0.39 is 0 Å². The first-order valence-electron chi connectivity index (χ1n) is 7.21. The summed E-state index contributed by atoms with van der Waals surface area (Å²) in [5.41, 5.74) is 6.79. The topological polar surface area (TPSA) is 0 Å². The normalized spacial score (nSPS) is 19.0. The number of hydrogen-bond donors (Lipinski definition) is 0. The molecule has 1 unspecified atom stereocenters. The van der Waals surface area contributed by atoms with Gasteiger partial charge in [-0.05, 0) is 50.9 Å². The van der Waals surface area contributed by atoms with Gasteiger partial charge < -0.3 is 0 Å². The molecule has 0 N–H and O–H groups in total. The van der Waals surface area contributed by atoms with Crippen LogP contribution in [0, 0.1) is 3.57 Å². The van der Waals surface area contributed by atoms with Crippen molar-refractivity contribution in [3.63, 3.8) is 0 Å². The molecule has 0 fully saturated rings. The van der Waals surface area contributed by atoms with Crippen LogP contribution in [-0.2, 0) is 5.16 Å². The minimum Gasteiger partial charge on any atom is -0.0909 e. The minimum absolute atomic E-state index is 0.158. The largest absolute Gasteiger partial charge is 0.0909 e. The average molecular weight is 412 g/mol. The van der Waals surface area contributed by atoms with Crippen molar-refractivity contribution in [2.45, 2.75) is 5.16 Å². The van der Waals surface area contributed by atoms with Crippen LogP contribution in [0.4, 0.5) is 0 Å². The Bertz CT molecular complexity index is 870. The number of rotatable bonds is 2. The Kier molecular flexibility index (Phi) is 3.43. The van der Waals surface area contributed by atoms with Crippen molar-refractivity contribution < 1.29 is 0 Å². The molecule has 1 aliphatic rings. The molecule has 0 saturated carbocycles. The maximum Gasteiger partial charge on any atom is 0.0875 e. The van der Waals surface area contributed by atoms with Crippen molar-refractivity contribution >= 4 is 37.1 Å². The summed E-state index contributed by atoms with van der Waals surface area (Å²) in [5.74, 6) is 0. The fraction of sp³-hybridized carbons (Fsp3) is 0.0500. The van der Waals surface area contributed by atoms with Crippen LogP contribution < -0.4 is 0 Å². The second-order valence-electron chi connectivity index (χ2n) is 5.44. The summed E-state index contributed by atoms with van der Waals surface area (Å²) in [7, 11) is 1.10. The number of benzene rings is 3. The fourth-order valence-electron chi connectivity index (χ4n) is 3.51. The molecule has 1 aliphatic carbocycles. The lowest BCUT2D eigenvalue weighted by Crippen LogP contribution is -2.19. The van der Waals surface area contributed by atoms with E-state index in [2.05, 4.69) is 102 Å². The molecule has 0 amide bonds. The summed E-state index contributed by atoms with van der Waals surface area (Å²) < 4.78 is 1.31. The third-order valence-corrected chi connectivity index (χ3v) is 6.53. The van der Waals surface area contributed by atoms with Crippen LogP contribution in [0.2, 0.25) is 0 Å². The first-order valence-corrected chi connectivity index (χ1v) is 9.37. The molecular formula is C20H14IP. The molecule has 0 radical (unpaired) electrons. The van der Waals surface area contributed by atoms with Crippen LogP contribution in [0.3, 0.4) is 0 Å². The van der Waals surface area contributed by atoms with E-state index >= 15 is 0 Å². The minimum atomic E-state index is -0.158. The highest BCUT2D eigenvalue weighted by Crippen LogP contribution is 2.58. The molecule has 3 aromatic rings. The Morgan fingerprint density at radius 2 is 1.45 bits per heavy atom. The zero-order valence-corrected chi connectivity index (χ0v) is 15.0. The van der Waals surface area contributed by atoms with Crippen molar-refractivity contribution in [2.24, 2.45) is 0 Å². The van der Waals surface area contributed by atoms with Gasteiger partial charge >= 0.3 is 0 Å². The van der Waals surface area contributed by atoms with E-state index in [1.165, 1.54) is 31.4 Å². The van der Waals surface area contributed by atoms with Crippen molar-refractivity contribution in [1.29, 1.82) is 0 Å². The zero-order chi connectivity index (χ0) is 15.2. The van der Waals surface area contributed by atoms with Crippen LogP contribution in [0.25, 0.3) is 11.1 Å². The molecule has 0 saturated heterocycles. The number of fused-ring (bicyclic) bond motifs is 3. The summed E-state index contributed by atoms with van der Waals surface area (Å²) in [5, 5.41) is -0.158. The summed E-state index contributed by atoms with van der Waals surface area (Å²) in [6.45, 7) is 0. The summed E-state index contributed by atoms with van der Waals surface area (Å²) in [4.78, 5) is 0. The number of halogens is 1. The second kappa shape index (κ2) is 5.33. The van der Waals surface area contributed by atoms with Crippen LogP contribution in [0.1, 0.15) is 16.7 Å². The van der Waals surface area contributed by atoms with E-state index in [1.54, 1.807) is 0 Å². The van der Waals surface area contributed by atoms with Gasteiger partial charge in [0.2, 0.25) is 0 Å². The van der Waals surface area contributed by atoms with Crippen LogP contribution in [0.15, 0.2) is 72.8 Å². The standard InChI is InChI=1S/C20H14IP/c1-22-20(14-8-3-2-4-9-14)16-11-6-5-10-15(16)19-17(20)12-7-13-18(19)21/h2-13H,1H2. The van der Waals surface area contributed by atoms with Gasteiger partial charge in [0.25, 0.3) is 0 Å². The second-order valence-corrected chi connectivity index (χ2v) is 7.59. The fourth-order valence-corrected chi connectivity index (χ4v) is 5.36. The monoisotopic (exact) mass is 412 g/mol. The van der Waals surface area contributed by atoms with Crippen molar-refractivity contribution in [1.82, 2.24) is 0 Å². The molecule has 0 aromatic heterocycles. The molecule has 0 heterocycles. The number of hydrogen-bond acceptors (Lipinski definition) is 0. The van der Waals surface area contributed by atoms with Crippen LogP contribution >= 0.6 is 30.8 Å². The van der Waals surface area contributed by atoms with Gasteiger partial charge in [-0.1, -0.05) is 81.2 Å². The third kappa shape index (κ3) is 1.79. The maximum absolute atomic E-state index is 4.31. The molecule has 106 valence electrons. The summed E-state index contributed by atoms with van der Waals surface area (Å²) in [6, 6.07) is 26.2. The lowest BCUT2D eigenvalue weighted by atomic mass is 9.88. The van der Waals surface area contributed by atoms with E-state index in [1.807, 2.05) is 0 Å². The molecule has 0 nitrogen and oxygen atoms in total. The predicted molar refractivity (Wildman–Crippen MR) is 105 cm³/mol. The van der Waals surface area contributed by atoms with Gasteiger partial charge in [-0.25, -0.2) is 0 Å². The lowest BCUT2D eigenvalue weighted by Gasteiger charge is -2.28. The lowest BCUT2D eigenvalue weighted by molar-refractivity contribution is 0.927. The quantitative estimate of drug-likeness (QED) is 0.361. The molecule has 3 aromatic carbocycles. The Balaban J connectivity index is 2.17. The SMILES string of the molecule is C=PC1(c2ccccc2)c2ccccc2-c2c(I)cccc21. The van der Waals surface area contributed by atoms with Crippen LogP contribution in [-0.4, -0.2) is 6.30 Å². The predicted octanol–water partition coefficient (Wildman–Crippen LogP) is 5.94. The van der Waals surface area contributed by atoms with E-state index in [-0.39, 0.29) is 5.16 Å². The molecule has 0 spiro atoms. The maximum atomic E-state index is 4.31. The summed E-state index contributed by atoms with van der Waals surface area (Å²) in [6.07, 6.45) is 4.31. The highest BCUT2D eigenvalue weighted by molar-refractivity contribution is 14.1. The van der Waals surface area contributed by atoms with Gasteiger partial charge in [0.1, 0.15) is 0 Å². The van der Waals surface area contributed by atoms with Gasteiger partial charge in [0.15, 0.2) is 0 Å². The van der Waals surface area contributed by atoms with E-state index in [0.717, 1.165) is 8.20 Å². The van der Waals surface area contributed by atoms with Gasteiger partial charge in [-0.2, -0.15) is 0 Å². The van der Waals surface area contributed by atoms with Crippen molar-refractivity contribution in [2.75, 3.05) is 0 Å². The zero-order valence-electron chi connectivity index (χ0n) is 12.0. The van der Waals surface area contributed by atoms with Crippen molar-refractivity contribution in [3.05, 3.63) is 93.1 Å². The van der Waals surface area contributed by atoms with E-state index in [9.17, 15) is 0 Å². The molecule has 0 aliphatic heterocycles. The van der Waals surface area contributed by atoms with E-state index in [4.69, 9.17) is 0 Å². The van der Waals surface area contributed by atoms with E-state index in [0.29, 0.717) is 0 Å². The Morgan fingerprint density at radius 3 is 2.23 bits per heavy atom. The Hall–Kier alpha value is -1.44. The summed E-state index contributed by atoms with van der Waals surface area (Å²) >= 11 is 2.45. The van der Waals surface area contributed by atoms with Gasteiger partial charge in [0, 0.05) is 9.13 Å². The molecule has 0 bridgehead atoms. The Morgan fingerprint density at radius 1 is 0.773 bits per heavy atom. The van der Waals surface area contributed by atoms with Gasteiger partial charge in [0.05, 0.1) is 5.16 Å². The molecule has 4 rings (SSSR count). The molecule has 2 heteroatoms. The average Bonchev–Trinajstić information content (AvgIpc) is 2.88. The smallest absolute Gasteiger partial charge is 0.0875 e. The third-order valence-electron chi connectivity index (χ3n) is 4.42.